The number of H-pyrrole nitrogens is 1. The number of aromatic amines is 1. The highest BCUT2D eigenvalue weighted by atomic mass is 16.4. The lowest BCUT2D eigenvalue weighted by Gasteiger charge is -2.18. The normalized spacial score (nSPS) is 12.1. The van der Waals surface area contributed by atoms with Crippen molar-refractivity contribution in [3.63, 3.8) is 0 Å². The van der Waals surface area contributed by atoms with Gasteiger partial charge in [0.2, 0.25) is 0 Å². The summed E-state index contributed by atoms with van der Waals surface area (Å²) in [6.07, 6.45) is 0.526. The number of nitrogens with one attached hydrogen (secondary N) is 1. The molecule has 2 aromatic carbocycles. The van der Waals surface area contributed by atoms with Crippen LogP contribution in [0.15, 0.2) is 42.5 Å². The lowest BCUT2D eigenvalue weighted by molar-refractivity contribution is -0.146. The molecule has 0 fully saturated rings. The van der Waals surface area contributed by atoms with Crippen molar-refractivity contribution in [2.45, 2.75) is 20.3 Å². The summed E-state index contributed by atoms with van der Waals surface area (Å²) in [5, 5.41) is 11.6. The molecule has 1 heterocycles. The molecule has 0 bridgehead atoms. The maximum absolute atomic E-state index is 11.2. The molecule has 0 radical (unpaired) electrons. The quantitative estimate of drug-likeness (QED) is 0.754. The fraction of sp³-hybridized carbons (Fsp3) is 0.235. The van der Waals surface area contributed by atoms with Crippen molar-refractivity contribution >= 4 is 27.8 Å². The van der Waals surface area contributed by atoms with Crippen LogP contribution in [0.1, 0.15) is 19.4 Å². The third-order valence-corrected chi connectivity index (χ3v) is 3.80. The van der Waals surface area contributed by atoms with Crippen LogP contribution in [0.25, 0.3) is 21.8 Å². The van der Waals surface area contributed by atoms with Crippen LogP contribution >= 0.6 is 0 Å². The van der Waals surface area contributed by atoms with E-state index in [2.05, 4.69) is 23.2 Å². The lowest BCUT2D eigenvalue weighted by Crippen LogP contribution is -2.26. The number of hydrogen-bond acceptors (Lipinski definition) is 1. The Morgan fingerprint density at radius 2 is 1.80 bits per heavy atom. The van der Waals surface area contributed by atoms with E-state index in [4.69, 9.17) is 0 Å². The van der Waals surface area contributed by atoms with E-state index in [9.17, 15) is 9.90 Å². The average molecular weight is 267 g/mol. The molecule has 0 aliphatic rings. The minimum atomic E-state index is -0.767. The van der Waals surface area contributed by atoms with E-state index in [1.807, 2.05) is 24.3 Å². The minimum absolute atomic E-state index is 0.526. The summed E-state index contributed by atoms with van der Waals surface area (Å²) in [4.78, 5) is 14.6. The zero-order valence-electron chi connectivity index (χ0n) is 11.6. The Kier molecular flexibility index (Phi) is 2.78. The fourth-order valence-corrected chi connectivity index (χ4v) is 2.59. The van der Waals surface area contributed by atoms with Crippen molar-refractivity contribution in [1.29, 1.82) is 0 Å². The number of carboxylic acid groups (broad SMARTS) is 1. The molecule has 0 unspecified atom stereocenters. The Hall–Kier alpha value is -2.29. The SMILES string of the molecule is CC(C)(Cc1ccc2[nH]c3ccccc3c2c1)C(=O)O. The molecule has 0 saturated heterocycles. The van der Waals surface area contributed by atoms with E-state index in [0.717, 1.165) is 22.0 Å². The van der Waals surface area contributed by atoms with Crippen molar-refractivity contribution in [1.82, 2.24) is 4.98 Å². The van der Waals surface area contributed by atoms with Crippen LogP contribution in [0.2, 0.25) is 0 Å². The first-order valence-electron chi connectivity index (χ1n) is 6.70. The average Bonchev–Trinajstić information content (AvgIpc) is 2.76. The van der Waals surface area contributed by atoms with Crippen LogP contribution in [0.4, 0.5) is 0 Å². The Morgan fingerprint density at radius 1 is 1.10 bits per heavy atom. The summed E-state index contributed by atoms with van der Waals surface area (Å²) < 4.78 is 0. The molecular weight excluding hydrogens is 250 g/mol. The smallest absolute Gasteiger partial charge is 0.309 e. The Bertz CT molecular complexity index is 799. The highest BCUT2D eigenvalue weighted by Gasteiger charge is 2.27. The van der Waals surface area contributed by atoms with E-state index in [1.165, 1.54) is 5.39 Å². The summed E-state index contributed by atoms with van der Waals surface area (Å²) in [6.45, 7) is 3.52. The predicted octanol–water partition coefficient (Wildman–Crippen LogP) is 3.97. The Labute approximate surface area is 117 Å². The first-order valence-corrected chi connectivity index (χ1v) is 6.70. The number of carboxylic acids is 1. The third-order valence-electron chi connectivity index (χ3n) is 3.80. The number of carbonyl (C=O) groups is 1. The first-order chi connectivity index (χ1) is 9.47. The number of aromatic nitrogens is 1. The molecule has 0 atom stereocenters. The molecule has 3 rings (SSSR count). The van der Waals surface area contributed by atoms with Gasteiger partial charge in [0.15, 0.2) is 0 Å². The second kappa shape index (κ2) is 4.37. The molecule has 0 saturated carbocycles. The molecule has 0 aliphatic carbocycles. The van der Waals surface area contributed by atoms with Crippen molar-refractivity contribution in [2.75, 3.05) is 0 Å². The highest BCUT2D eigenvalue weighted by molar-refractivity contribution is 6.07. The molecule has 0 aliphatic heterocycles. The maximum Gasteiger partial charge on any atom is 0.309 e. The van der Waals surface area contributed by atoms with Crippen molar-refractivity contribution in [2.24, 2.45) is 5.41 Å². The summed E-state index contributed by atoms with van der Waals surface area (Å²) >= 11 is 0. The van der Waals surface area contributed by atoms with E-state index >= 15 is 0 Å². The molecule has 20 heavy (non-hydrogen) atoms. The summed E-state index contributed by atoms with van der Waals surface area (Å²) in [5.41, 5.74) is 2.50. The van der Waals surface area contributed by atoms with Crippen molar-refractivity contribution in [3.05, 3.63) is 48.0 Å². The fourth-order valence-electron chi connectivity index (χ4n) is 2.59. The van der Waals surface area contributed by atoms with Gasteiger partial charge in [-0.1, -0.05) is 24.3 Å². The number of aliphatic carboxylic acids is 1. The van der Waals surface area contributed by atoms with Gasteiger partial charge < -0.3 is 10.1 Å². The number of hydrogen-bond donors (Lipinski definition) is 2. The number of benzene rings is 2. The van der Waals surface area contributed by atoms with Gasteiger partial charge in [0.1, 0.15) is 0 Å². The molecule has 3 nitrogen and oxygen atoms in total. The molecule has 102 valence electrons. The van der Waals surface area contributed by atoms with Crippen LogP contribution in [0.3, 0.4) is 0 Å². The highest BCUT2D eigenvalue weighted by Crippen LogP contribution is 2.29. The zero-order valence-corrected chi connectivity index (χ0v) is 11.6. The predicted molar refractivity (Wildman–Crippen MR) is 80.9 cm³/mol. The van der Waals surface area contributed by atoms with Gasteiger partial charge in [0.25, 0.3) is 0 Å². The number of fused-ring (bicyclic) bond motifs is 3. The topological polar surface area (TPSA) is 53.1 Å². The van der Waals surface area contributed by atoms with E-state index in [-0.39, 0.29) is 0 Å². The Balaban J connectivity index is 2.10. The van der Waals surface area contributed by atoms with Crippen molar-refractivity contribution < 1.29 is 9.90 Å². The maximum atomic E-state index is 11.2. The molecule has 1 aromatic heterocycles. The molecule has 0 amide bonds. The first kappa shape index (κ1) is 12.7. The number of rotatable bonds is 3. The van der Waals surface area contributed by atoms with E-state index in [0.29, 0.717) is 6.42 Å². The lowest BCUT2D eigenvalue weighted by atomic mass is 9.85. The van der Waals surface area contributed by atoms with Gasteiger partial charge >= 0.3 is 5.97 Å². The van der Waals surface area contributed by atoms with Gasteiger partial charge in [-0.05, 0) is 44.0 Å². The number of para-hydroxylation sites is 1. The van der Waals surface area contributed by atoms with Crippen molar-refractivity contribution in [3.8, 4) is 0 Å². The zero-order chi connectivity index (χ0) is 14.3. The van der Waals surface area contributed by atoms with Gasteiger partial charge in [-0.25, -0.2) is 0 Å². The van der Waals surface area contributed by atoms with E-state index in [1.54, 1.807) is 13.8 Å². The van der Waals surface area contributed by atoms with Crippen LogP contribution in [0, 0.1) is 5.41 Å². The summed E-state index contributed by atoms with van der Waals surface area (Å²) in [6, 6.07) is 14.3. The van der Waals surface area contributed by atoms with Gasteiger partial charge in [-0.2, -0.15) is 0 Å². The largest absolute Gasteiger partial charge is 0.481 e. The molecule has 3 aromatic rings. The third kappa shape index (κ3) is 2.05. The molecule has 3 heteroatoms. The van der Waals surface area contributed by atoms with Crippen LogP contribution in [0.5, 0.6) is 0 Å². The van der Waals surface area contributed by atoms with Crippen LogP contribution in [-0.2, 0) is 11.2 Å². The second-order valence-electron chi connectivity index (χ2n) is 5.92. The molecule has 0 spiro atoms. The second-order valence-corrected chi connectivity index (χ2v) is 5.92. The summed E-state index contributed by atoms with van der Waals surface area (Å²) in [5.74, 6) is -0.767. The summed E-state index contributed by atoms with van der Waals surface area (Å²) in [7, 11) is 0. The monoisotopic (exact) mass is 267 g/mol. The standard InChI is InChI=1S/C17H17NO2/c1-17(2,16(19)20)10-11-7-8-15-13(9-11)12-5-3-4-6-14(12)18-15/h3-9,18H,10H2,1-2H3,(H,19,20). The molecular formula is C17H17NO2. The Morgan fingerprint density at radius 3 is 2.55 bits per heavy atom. The van der Waals surface area contributed by atoms with Gasteiger partial charge in [-0.3, -0.25) is 4.79 Å². The van der Waals surface area contributed by atoms with Gasteiger partial charge in [0, 0.05) is 21.8 Å². The van der Waals surface area contributed by atoms with Gasteiger partial charge in [-0.15, -0.1) is 0 Å². The van der Waals surface area contributed by atoms with Crippen LogP contribution in [-0.4, -0.2) is 16.1 Å². The van der Waals surface area contributed by atoms with Gasteiger partial charge in [0.05, 0.1) is 5.41 Å². The van der Waals surface area contributed by atoms with E-state index < -0.39 is 11.4 Å². The molecule has 2 N–H and O–H groups in total. The van der Waals surface area contributed by atoms with Crippen LogP contribution < -0.4 is 0 Å². The minimum Gasteiger partial charge on any atom is -0.481 e.